The van der Waals surface area contributed by atoms with E-state index >= 15 is 0 Å². The van der Waals surface area contributed by atoms with Gasteiger partial charge in [-0.3, -0.25) is 4.79 Å². The molecule has 1 aromatic heterocycles. The van der Waals surface area contributed by atoms with Crippen LogP contribution in [-0.4, -0.2) is 48.4 Å². The lowest BCUT2D eigenvalue weighted by Crippen LogP contribution is -2.34. The Balaban J connectivity index is 1.37. The molecular weight excluding hydrogens is 430 g/mol. The Morgan fingerprint density at radius 1 is 1.29 bits per heavy atom. The summed E-state index contributed by atoms with van der Waals surface area (Å²) in [7, 11) is 1.65. The lowest BCUT2D eigenvalue weighted by Gasteiger charge is -2.14. The molecule has 1 N–H and O–H groups in total. The maximum atomic E-state index is 12.2. The van der Waals surface area contributed by atoms with E-state index in [2.05, 4.69) is 22.5 Å². The topological polar surface area (TPSA) is 74.6 Å². The highest BCUT2D eigenvalue weighted by Gasteiger charge is 2.23. The minimum atomic E-state index is -0.287. The van der Waals surface area contributed by atoms with Gasteiger partial charge in [0.1, 0.15) is 18.5 Å². The summed E-state index contributed by atoms with van der Waals surface area (Å²) < 4.78 is 19.2. The van der Waals surface area contributed by atoms with Crippen LogP contribution in [0.25, 0.3) is 11.0 Å². The average Bonchev–Trinajstić information content (AvgIpc) is 3.51. The van der Waals surface area contributed by atoms with E-state index < -0.39 is 0 Å². The van der Waals surface area contributed by atoms with Crippen molar-refractivity contribution >= 4 is 16.9 Å². The molecule has 2 heterocycles. The van der Waals surface area contributed by atoms with Crippen molar-refractivity contribution in [2.24, 2.45) is 0 Å². The van der Waals surface area contributed by atoms with Crippen molar-refractivity contribution in [2.75, 3.05) is 26.9 Å². The van der Waals surface area contributed by atoms with Crippen LogP contribution in [0, 0.1) is 0 Å². The van der Waals surface area contributed by atoms with Crippen molar-refractivity contribution in [1.82, 2.24) is 14.9 Å². The molecule has 1 atom stereocenters. The number of amides is 1. The molecule has 7 nitrogen and oxygen atoms in total. The number of carbonyl (C=O) groups excluding carboxylic acids is 1. The largest absolute Gasteiger partial charge is 0.493 e. The molecule has 4 rings (SSSR count). The molecule has 0 spiro atoms. The van der Waals surface area contributed by atoms with Gasteiger partial charge in [0.2, 0.25) is 5.91 Å². The molecule has 1 unspecified atom stereocenters. The number of allylic oxidation sites excluding steroid dienone is 1. The average molecular weight is 464 g/mol. The molecule has 1 fully saturated rings. The van der Waals surface area contributed by atoms with E-state index in [1.807, 2.05) is 42.5 Å². The van der Waals surface area contributed by atoms with Crippen LogP contribution in [0.3, 0.4) is 0 Å². The third kappa shape index (κ3) is 5.78. The number of ether oxygens (including phenoxy) is 3. The number of aryl methyl sites for hydroxylation is 1. The molecule has 3 aromatic rings. The van der Waals surface area contributed by atoms with Crippen LogP contribution in [0.1, 0.15) is 30.7 Å². The number of para-hydroxylation sites is 2. The first-order valence-electron chi connectivity index (χ1n) is 11.9. The van der Waals surface area contributed by atoms with E-state index in [1.54, 1.807) is 7.11 Å². The summed E-state index contributed by atoms with van der Waals surface area (Å²) in [5.41, 5.74) is 3.18. The predicted molar refractivity (Wildman–Crippen MR) is 132 cm³/mol. The van der Waals surface area contributed by atoms with Gasteiger partial charge in [-0.1, -0.05) is 24.3 Å². The molecule has 0 radical (unpaired) electrons. The van der Waals surface area contributed by atoms with Crippen molar-refractivity contribution in [2.45, 2.75) is 44.8 Å². The Bertz CT molecular complexity index is 1120. The number of aromatic nitrogens is 2. The minimum absolute atomic E-state index is 0.00698. The molecule has 34 heavy (non-hydrogen) atoms. The summed E-state index contributed by atoms with van der Waals surface area (Å²) in [5.74, 6) is 2.42. The number of methoxy groups -OCH3 is 1. The zero-order chi connectivity index (χ0) is 23.8. The van der Waals surface area contributed by atoms with E-state index in [0.717, 1.165) is 66.0 Å². The summed E-state index contributed by atoms with van der Waals surface area (Å²) in [5, 5.41) is 2.99. The molecule has 1 amide bonds. The fourth-order valence-electron chi connectivity index (χ4n) is 4.29. The van der Waals surface area contributed by atoms with Crippen LogP contribution in [0.5, 0.6) is 11.5 Å². The first-order valence-corrected chi connectivity index (χ1v) is 11.9. The zero-order valence-electron chi connectivity index (χ0n) is 19.8. The van der Waals surface area contributed by atoms with E-state index in [-0.39, 0.29) is 12.0 Å². The van der Waals surface area contributed by atoms with Gasteiger partial charge in [-0.05, 0) is 55.5 Å². The number of carbonyl (C=O) groups is 1. The summed E-state index contributed by atoms with van der Waals surface area (Å²) in [6.45, 7) is 6.22. The number of fused-ring (bicyclic) bond motifs is 1. The van der Waals surface area contributed by atoms with Gasteiger partial charge < -0.3 is 24.1 Å². The molecular formula is C27H33N3O4. The van der Waals surface area contributed by atoms with E-state index in [0.29, 0.717) is 26.3 Å². The van der Waals surface area contributed by atoms with Crippen molar-refractivity contribution < 1.29 is 19.0 Å². The molecule has 1 aliphatic rings. The fraction of sp³-hybridized carbons (Fsp3) is 0.407. The van der Waals surface area contributed by atoms with Crippen LogP contribution in [-0.2, 0) is 28.9 Å². The highest BCUT2D eigenvalue weighted by atomic mass is 16.5. The monoisotopic (exact) mass is 463 g/mol. The molecule has 1 saturated heterocycles. The normalized spacial score (nSPS) is 15.4. The lowest BCUT2D eigenvalue weighted by atomic mass is 10.1. The van der Waals surface area contributed by atoms with Crippen LogP contribution >= 0.6 is 0 Å². The second-order valence-electron chi connectivity index (χ2n) is 8.39. The van der Waals surface area contributed by atoms with Gasteiger partial charge in [0, 0.05) is 19.6 Å². The number of benzene rings is 2. The quantitative estimate of drug-likeness (QED) is 0.324. The third-order valence-electron chi connectivity index (χ3n) is 6.01. The Morgan fingerprint density at radius 2 is 2.18 bits per heavy atom. The van der Waals surface area contributed by atoms with E-state index in [4.69, 9.17) is 19.2 Å². The number of nitrogens with one attached hydrogen (secondary N) is 1. The van der Waals surface area contributed by atoms with Crippen molar-refractivity contribution in [1.29, 1.82) is 0 Å². The summed E-state index contributed by atoms with van der Waals surface area (Å²) in [6, 6.07) is 14.1. The first kappa shape index (κ1) is 23.8. The van der Waals surface area contributed by atoms with Gasteiger partial charge in [0.15, 0.2) is 11.5 Å². The van der Waals surface area contributed by atoms with E-state index in [9.17, 15) is 4.79 Å². The molecule has 7 heteroatoms. The van der Waals surface area contributed by atoms with Crippen molar-refractivity contribution in [3.63, 3.8) is 0 Å². The lowest BCUT2D eigenvalue weighted by molar-refractivity contribution is -0.130. The molecule has 2 aromatic carbocycles. The number of hydrogen-bond acceptors (Lipinski definition) is 5. The minimum Gasteiger partial charge on any atom is -0.493 e. The number of hydrogen-bond donors (Lipinski definition) is 1. The molecule has 0 saturated carbocycles. The SMILES string of the molecule is C=CCc1ccc(OCCn2c(CCCNC(=O)C3CCCO3)nc3ccccc32)c(OC)c1. The molecule has 0 aliphatic carbocycles. The summed E-state index contributed by atoms with van der Waals surface area (Å²) in [4.78, 5) is 17.0. The van der Waals surface area contributed by atoms with Gasteiger partial charge in [0.25, 0.3) is 0 Å². The second-order valence-corrected chi connectivity index (χ2v) is 8.39. The predicted octanol–water partition coefficient (Wildman–Crippen LogP) is 4.08. The number of nitrogens with zero attached hydrogens (tertiary/aromatic N) is 2. The van der Waals surface area contributed by atoms with Gasteiger partial charge in [-0.25, -0.2) is 4.98 Å². The van der Waals surface area contributed by atoms with Gasteiger partial charge in [-0.15, -0.1) is 6.58 Å². The number of rotatable bonds is 12. The summed E-state index contributed by atoms with van der Waals surface area (Å²) >= 11 is 0. The number of imidazole rings is 1. The van der Waals surface area contributed by atoms with Crippen molar-refractivity contribution in [3.8, 4) is 11.5 Å². The Hall–Kier alpha value is -3.32. The van der Waals surface area contributed by atoms with Crippen LogP contribution in [0.4, 0.5) is 0 Å². The van der Waals surface area contributed by atoms with Crippen LogP contribution in [0.2, 0.25) is 0 Å². The Morgan fingerprint density at radius 3 is 2.97 bits per heavy atom. The second kappa shape index (κ2) is 11.7. The van der Waals surface area contributed by atoms with Gasteiger partial charge in [-0.2, -0.15) is 0 Å². The fourth-order valence-corrected chi connectivity index (χ4v) is 4.29. The molecule has 180 valence electrons. The maximum absolute atomic E-state index is 12.2. The Labute approximate surface area is 200 Å². The highest BCUT2D eigenvalue weighted by molar-refractivity contribution is 5.80. The molecule has 1 aliphatic heterocycles. The standard InChI is InChI=1S/C27H33N3O4/c1-3-8-20-13-14-23(25(19-20)32-2)34-18-16-30-22-10-5-4-9-21(22)29-26(30)12-6-15-28-27(31)24-11-7-17-33-24/h3-5,9-10,13-14,19,24H,1,6-8,11-12,15-18H2,2H3,(H,28,31). The smallest absolute Gasteiger partial charge is 0.249 e. The van der Waals surface area contributed by atoms with E-state index in [1.165, 1.54) is 0 Å². The van der Waals surface area contributed by atoms with Gasteiger partial charge in [0.05, 0.1) is 24.7 Å². The summed E-state index contributed by atoms with van der Waals surface area (Å²) in [6.07, 6.45) is 5.70. The van der Waals surface area contributed by atoms with Crippen LogP contribution in [0.15, 0.2) is 55.1 Å². The Kier molecular flexibility index (Phi) is 8.20. The van der Waals surface area contributed by atoms with Crippen molar-refractivity contribution in [3.05, 3.63) is 66.5 Å². The first-order chi connectivity index (χ1) is 16.7. The molecule has 0 bridgehead atoms. The third-order valence-corrected chi connectivity index (χ3v) is 6.01. The highest BCUT2D eigenvalue weighted by Crippen LogP contribution is 2.28. The zero-order valence-corrected chi connectivity index (χ0v) is 19.8. The van der Waals surface area contributed by atoms with Gasteiger partial charge >= 0.3 is 0 Å². The maximum Gasteiger partial charge on any atom is 0.249 e. The van der Waals surface area contributed by atoms with Crippen LogP contribution < -0.4 is 14.8 Å².